The summed E-state index contributed by atoms with van der Waals surface area (Å²) in [4.78, 5) is 19.0. The van der Waals surface area contributed by atoms with Gasteiger partial charge in [0, 0.05) is 43.2 Å². The molecule has 4 rings (SSSR count). The number of ether oxygens (including phenoxy) is 1. The van der Waals surface area contributed by atoms with Crippen LogP contribution in [0.2, 0.25) is 0 Å². The summed E-state index contributed by atoms with van der Waals surface area (Å²) in [6.45, 7) is 1.97. The number of nitrogens with zero attached hydrogens (tertiary/aromatic N) is 4. The van der Waals surface area contributed by atoms with Crippen molar-refractivity contribution in [3.8, 4) is 17.0 Å². The van der Waals surface area contributed by atoms with Crippen molar-refractivity contribution < 1.29 is 9.53 Å². The molecule has 1 amide bonds. The largest absolute Gasteiger partial charge is 0.496 e. The number of amides is 1. The van der Waals surface area contributed by atoms with Gasteiger partial charge in [0.2, 0.25) is 5.91 Å². The smallest absolute Gasteiger partial charge is 0.225 e. The Morgan fingerprint density at radius 3 is 2.83 bits per heavy atom. The van der Waals surface area contributed by atoms with Crippen molar-refractivity contribution in [3.05, 3.63) is 66.5 Å². The fraction of sp³-hybridized carbons (Fsp3) is 0.304. The van der Waals surface area contributed by atoms with E-state index in [4.69, 9.17) is 4.74 Å². The zero-order chi connectivity index (χ0) is 20.8. The minimum absolute atomic E-state index is 0.0607. The molecule has 154 valence electrons. The van der Waals surface area contributed by atoms with Gasteiger partial charge in [0.05, 0.1) is 18.7 Å². The molecule has 7 nitrogen and oxygen atoms in total. The summed E-state index contributed by atoms with van der Waals surface area (Å²) in [5, 5.41) is 11.8. The first-order chi connectivity index (χ1) is 14.7. The first kappa shape index (κ1) is 19.8. The van der Waals surface area contributed by atoms with Gasteiger partial charge < -0.3 is 15.0 Å². The maximum Gasteiger partial charge on any atom is 0.225 e. The van der Waals surface area contributed by atoms with E-state index in [0.29, 0.717) is 13.1 Å². The Balaban J connectivity index is 1.37. The Hall–Kier alpha value is -3.48. The monoisotopic (exact) mass is 403 g/mol. The number of hydrogen-bond acceptors (Lipinski definition) is 6. The number of anilines is 1. The summed E-state index contributed by atoms with van der Waals surface area (Å²) >= 11 is 0. The van der Waals surface area contributed by atoms with Gasteiger partial charge in [-0.3, -0.25) is 9.78 Å². The van der Waals surface area contributed by atoms with E-state index < -0.39 is 0 Å². The van der Waals surface area contributed by atoms with Crippen LogP contribution >= 0.6 is 0 Å². The van der Waals surface area contributed by atoms with E-state index in [-0.39, 0.29) is 11.8 Å². The van der Waals surface area contributed by atoms with Crippen LogP contribution in [0, 0.1) is 5.92 Å². The number of benzene rings is 1. The van der Waals surface area contributed by atoms with Gasteiger partial charge in [0.25, 0.3) is 0 Å². The van der Waals surface area contributed by atoms with Crippen LogP contribution in [0.5, 0.6) is 5.75 Å². The summed E-state index contributed by atoms with van der Waals surface area (Å²) in [5.41, 5.74) is 2.69. The molecule has 30 heavy (non-hydrogen) atoms. The van der Waals surface area contributed by atoms with Gasteiger partial charge in [-0.05, 0) is 43.2 Å². The molecular weight excluding hydrogens is 378 g/mol. The molecule has 1 saturated heterocycles. The molecule has 1 aromatic carbocycles. The van der Waals surface area contributed by atoms with Gasteiger partial charge in [-0.1, -0.05) is 18.2 Å². The first-order valence-corrected chi connectivity index (χ1v) is 10.1. The Bertz CT molecular complexity index is 978. The zero-order valence-corrected chi connectivity index (χ0v) is 17.0. The molecule has 3 heterocycles. The molecule has 1 aliphatic rings. The van der Waals surface area contributed by atoms with E-state index in [1.54, 1.807) is 19.5 Å². The molecule has 1 aliphatic heterocycles. The highest BCUT2D eigenvalue weighted by Crippen LogP contribution is 2.24. The normalized spacial score (nSPS) is 16.2. The first-order valence-electron chi connectivity index (χ1n) is 10.1. The molecule has 1 unspecified atom stereocenters. The molecule has 0 spiro atoms. The van der Waals surface area contributed by atoms with E-state index in [2.05, 4.69) is 25.4 Å². The lowest BCUT2D eigenvalue weighted by molar-refractivity contribution is -0.125. The van der Waals surface area contributed by atoms with E-state index in [1.165, 1.54) is 0 Å². The van der Waals surface area contributed by atoms with Crippen LogP contribution < -0.4 is 15.0 Å². The molecule has 2 aromatic heterocycles. The Kier molecular flexibility index (Phi) is 6.17. The molecule has 1 atom stereocenters. The third-order valence-electron chi connectivity index (χ3n) is 5.37. The number of nitrogens with one attached hydrogen (secondary N) is 1. The van der Waals surface area contributed by atoms with Gasteiger partial charge in [-0.25, -0.2) is 0 Å². The quantitative estimate of drug-likeness (QED) is 0.681. The topological polar surface area (TPSA) is 80.2 Å². The molecule has 3 aromatic rings. The number of carbonyl (C=O) groups excluding carboxylic acids is 1. The van der Waals surface area contributed by atoms with Crippen molar-refractivity contribution in [3.63, 3.8) is 0 Å². The number of aromatic nitrogens is 3. The lowest BCUT2D eigenvalue weighted by Gasteiger charge is -2.32. The summed E-state index contributed by atoms with van der Waals surface area (Å²) in [6, 6.07) is 15.5. The second-order valence-corrected chi connectivity index (χ2v) is 7.33. The summed E-state index contributed by atoms with van der Waals surface area (Å²) in [6.07, 6.45) is 5.32. The molecule has 0 saturated carbocycles. The number of methoxy groups -OCH3 is 1. The highest BCUT2D eigenvalue weighted by molar-refractivity contribution is 5.79. The van der Waals surface area contributed by atoms with Gasteiger partial charge in [-0.15, -0.1) is 10.2 Å². The predicted molar refractivity (Wildman–Crippen MR) is 115 cm³/mol. The number of para-hydroxylation sites is 1. The van der Waals surface area contributed by atoms with Crippen LogP contribution in [0.3, 0.4) is 0 Å². The summed E-state index contributed by atoms with van der Waals surface area (Å²) < 4.78 is 5.36. The van der Waals surface area contributed by atoms with Crippen molar-refractivity contribution in [1.29, 1.82) is 0 Å². The fourth-order valence-corrected chi connectivity index (χ4v) is 3.74. The van der Waals surface area contributed by atoms with Crippen molar-refractivity contribution in [2.24, 2.45) is 5.92 Å². The number of carbonyl (C=O) groups is 1. The van der Waals surface area contributed by atoms with Gasteiger partial charge >= 0.3 is 0 Å². The molecule has 1 fully saturated rings. The number of hydrogen-bond donors (Lipinski definition) is 1. The van der Waals surface area contributed by atoms with Crippen molar-refractivity contribution in [1.82, 2.24) is 20.5 Å². The van der Waals surface area contributed by atoms with Crippen LogP contribution in [-0.2, 0) is 11.3 Å². The maximum atomic E-state index is 12.8. The average molecular weight is 403 g/mol. The molecule has 0 radical (unpaired) electrons. The zero-order valence-electron chi connectivity index (χ0n) is 17.0. The Morgan fingerprint density at radius 2 is 2.07 bits per heavy atom. The Morgan fingerprint density at radius 1 is 1.17 bits per heavy atom. The number of rotatable bonds is 6. The number of pyridine rings is 1. The van der Waals surface area contributed by atoms with Crippen molar-refractivity contribution in [2.75, 3.05) is 25.1 Å². The summed E-state index contributed by atoms with van der Waals surface area (Å²) in [7, 11) is 1.64. The molecule has 0 bridgehead atoms. The fourth-order valence-electron chi connectivity index (χ4n) is 3.74. The van der Waals surface area contributed by atoms with E-state index in [0.717, 1.165) is 47.8 Å². The van der Waals surface area contributed by atoms with Crippen LogP contribution in [0.25, 0.3) is 11.3 Å². The van der Waals surface area contributed by atoms with Crippen LogP contribution in [-0.4, -0.2) is 41.3 Å². The second kappa shape index (κ2) is 9.35. The van der Waals surface area contributed by atoms with E-state index >= 15 is 0 Å². The Labute approximate surface area is 176 Å². The lowest BCUT2D eigenvalue weighted by Crippen LogP contribution is -2.43. The van der Waals surface area contributed by atoms with Crippen molar-refractivity contribution >= 4 is 11.7 Å². The van der Waals surface area contributed by atoms with Crippen LogP contribution in [0.1, 0.15) is 18.4 Å². The average Bonchev–Trinajstić information content (AvgIpc) is 2.83. The molecular formula is C23H25N5O2. The predicted octanol–water partition coefficient (Wildman–Crippen LogP) is 3.08. The van der Waals surface area contributed by atoms with E-state index in [9.17, 15) is 4.79 Å². The maximum absolute atomic E-state index is 12.8. The second-order valence-electron chi connectivity index (χ2n) is 7.33. The SMILES string of the molecule is COc1ccccc1CNC(=O)C1CCCN(c2ccc(-c3cccnc3)nn2)C1. The highest BCUT2D eigenvalue weighted by Gasteiger charge is 2.26. The van der Waals surface area contributed by atoms with Crippen LogP contribution in [0.15, 0.2) is 60.9 Å². The molecule has 0 aliphatic carbocycles. The minimum Gasteiger partial charge on any atom is -0.496 e. The third-order valence-corrected chi connectivity index (χ3v) is 5.37. The van der Waals surface area contributed by atoms with E-state index in [1.807, 2.05) is 48.5 Å². The van der Waals surface area contributed by atoms with Gasteiger partial charge in [0.1, 0.15) is 5.75 Å². The minimum atomic E-state index is -0.0757. The molecule has 7 heteroatoms. The standard InChI is InChI=1S/C23H25N5O2/c1-30-21-9-3-2-6-18(21)15-25-23(29)19-8-5-13-28(16-19)22-11-10-20(26-27-22)17-7-4-12-24-14-17/h2-4,6-7,9-12,14,19H,5,8,13,15-16H2,1H3,(H,25,29). The number of piperidine rings is 1. The lowest BCUT2D eigenvalue weighted by atomic mass is 9.97. The van der Waals surface area contributed by atoms with Crippen molar-refractivity contribution in [2.45, 2.75) is 19.4 Å². The molecule has 1 N–H and O–H groups in total. The van der Waals surface area contributed by atoms with Gasteiger partial charge in [-0.2, -0.15) is 0 Å². The summed E-state index contributed by atoms with van der Waals surface area (Å²) in [5.74, 6) is 1.57. The highest BCUT2D eigenvalue weighted by atomic mass is 16.5. The van der Waals surface area contributed by atoms with Gasteiger partial charge in [0.15, 0.2) is 5.82 Å². The third kappa shape index (κ3) is 4.56. The van der Waals surface area contributed by atoms with Crippen LogP contribution in [0.4, 0.5) is 5.82 Å².